The van der Waals surface area contributed by atoms with E-state index in [1.54, 1.807) is 0 Å². The summed E-state index contributed by atoms with van der Waals surface area (Å²) in [7, 11) is 2.11. The van der Waals surface area contributed by atoms with E-state index in [4.69, 9.17) is 12.2 Å². The molecule has 2 aliphatic carbocycles. The Morgan fingerprint density at radius 1 is 1.39 bits per heavy atom. The first-order valence-electron chi connectivity index (χ1n) is 6.66. The molecule has 2 fully saturated rings. The number of rotatable bonds is 6. The molecule has 18 heavy (non-hydrogen) atoms. The molecule has 0 aliphatic heterocycles. The van der Waals surface area contributed by atoms with E-state index in [2.05, 4.69) is 17.0 Å². The molecule has 0 aromatic carbocycles. The van der Waals surface area contributed by atoms with Crippen LogP contribution < -0.4 is 0 Å². The molecule has 5 nitrogen and oxygen atoms in total. The monoisotopic (exact) mass is 268 g/mol. The van der Waals surface area contributed by atoms with Crippen LogP contribution >= 0.6 is 12.2 Å². The fourth-order valence-electron chi connectivity index (χ4n) is 2.39. The van der Waals surface area contributed by atoms with Gasteiger partial charge in [0, 0.05) is 12.6 Å². The van der Waals surface area contributed by atoms with Gasteiger partial charge in [-0.1, -0.05) is 0 Å². The third kappa shape index (κ3) is 2.50. The van der Waals surface area contributed by atoms with Crippen LogP contribution in [0.1, 0.15) is 37.5 Å². The van der Waals surface area contributed by atoms with Gasteiger partial charge in [0.05, 0.1) is 6.67 Å². The molecule has 0 amide bonds. The third-order valence-corrected chi connectivity index (χ3v) is 4.04. The summed E-state index contributed by atoms with van der Waals surface area (Å²) in [6.07, 6.45) is 5.03. The number of aliphatic hydroxyl groups excluding tert-OH is 1. The maximum atomic E-state index is 9.37. The lowest BCUT2D eigenvalue weighted by molar-refractivity contribution is 0.237. The van der Waals surface area contributed by atoms with Gasteiger partial charge in [0.1, 0.15) is 6.61 Å². The molecule has 1 aromatic rings. The van der Waals surface area contributed by atoms with Gasteiger partial charge in [0.15, 0.2) is 10.6 Å². The van der Waals surface area contributed by atoms with Crippen molar-refractivity contribution < 1.29 is 5.11 Å². The number of hydrogen-bond acceptors (Lipinski definition) is 4. The zero-order valence-corrected chi connectivity index (χ0v) is 11.6. The van der Waals surface area contributed by atoms with E-state index in [1.165, 1.54) is 12.8 Å². The van der Waals surface area contributed by atoms with Crippen LogP contribution in [0.5, 0.6) is 0 Å². The second-order valence-electron chi connectivity index (χ2n) is 5.58. The molecule has 0 spiro atoms. The summed E-state index contributed by atoms with van der Waals surface area (Å²) < 4.78 is 4.63. The first-order chi connectivity index (χ1) is 8.69. The van der Waals surface area contributed by atoms with Crippen LogP contribution in [0.25, 0.3) is 0 Å². The van der Waals surface area contributed by atoms with E-state index in [9.17, 15) is 5.11 Å². The van der Waals surface area contributed by atoms with E-state index in [1.807, 2.05) is 9.25 Å². The van der Waals surface area contributed by atoms with E-state index in [-0.39, 0.29) is 6.61 Å². The molecule has 3 rings (SSSR count). The standard InChI is InChI=1S/C12H20N4OS/c1-14(6-9-2-3-9)8-15-12(18)16(10-4-5-10)11(7-17)13-15/h9-10,17H,2-8H2,1H3. The van der Waals surface area contributed by atoms with Gasteiger partial charge in [-0.05, 0) is 50.9 Å². The maximum Gasteiger partial charge on any atom is 0.199 e. The van der Waals surface area contributed by atoms with Crippen molar-refractivity contribution in [2.75, 3.05) is 13.6 Å². The summed E-state index contributed by atoms with van der Waals surface area (Å²) in [4.78, 5) is 2.26. The lowest BCUT2D eigenvalue weighted by Gasteiger charge is -2.15. The average molecular weight is 268 g/mol. The van der Waals surface area contributed by atoms with E-state index < -0.39 is 0 Å². The molecule has 1 aromatic heterocycles. The highest BCUT2D eigenvalue weighted by molar-refractivity contribution is 7.71. The first kappa shape index (κ1) is 12.3. The molecular weight excluding hydrogens is 248 g/mol. The van der Waals surface area contributed by atoms with Crippen molar-refractivity contribution >= 4 is 12.2 Å². The minimum atomic E-state index is -0.0283. The van der Waals surface area contributed by atoms with Crippen LogP contribution in [0, 0.1) is 10.7 Å². The predicted octanol–water partition coefficient (Wildman–Crippen LogP) is 1.54. The normalized spacial score (nSPS) is 19.7. The molecule has 2 saturated carbocycles. The Kier molecular flexibility index (Phi) is 3.25. The Labute approximate surface area is 112 Å². The summed E-state index contributed by atoms with van der Waals surface area (Å²) >= 11 is 5.47. The van der Waals surface area contributed by atoms with Gasteiger partial charge in [-0.3, -0.25) is 9.47 Å². The Hall–Kier alpha value is -0.720. The highest BCUT2D eigenvalue weighted by Crippen LogP contribution is 2.36. The number of hydrogen-bond donors (Lipinski definition) is 1. The van der Waals surface area contributed by atoms with Gasteiger partial charge >= 0.3 is 0 Å². The molecule has 6 heteroatoms. The first-order valence-corrected chi connectivity index (χ1v) is 7.07. The fraction of sp³-hybridized carbons (Fsp3) is 0.833. The van der Waals surface area contributed by atoms with Crippen molar-refractivity contribution in [3.05, 3.63) is 10.6 Å². The van der Waals surface area contributed by atoms with Crippen LogP contribution in [0.3, 0.4) is 0 Å². The van der Waals surface area contributed by atoms with E-state index in [0.717, 1.165) is 36.7 Å². The molecule has 1 N–H and O–H groups in total. The molecular formula is C12H20N4OS. The van der Waals surface area contributed by atoms with Gasteiger partial charge in [-0.25, -0.2) is 4.68 Å². The Balaban J connectivity index is 1.76. The molecule has 0 saturated heterocycles. The lowest BCUT2D eigenvalue weighted by atomic mass is 10.4. The Morgan fingerprint density at radius 2 is 2.11 bits per heavy atom. The van der Waals surface area contributed by atoms with Crippen molar-refractivity contribution in [1.82, 2.24) is 19.2 Å². The maximum absolute atomic E-state index is 9.37. The SMILES string of the molecule is CN(CC1CC1)Cn1nc(CO)n(C2CC2)c1=S. The van der Waals surface area contributed by atoms with Gasteiger partial charge in [0.25, 0.3) is 0 Å². The predicted molar refractivity (Wildman–Crippen MR) is 70.6 cm³/mol. The summed E-state index contributed by atoms with van der Waals surface area (Å²) in [5.74, 6) is 1.58. The second-order valence-corrected chi connectivity index (χ2v) is 5.95. The summed E-state index contributed by atoms with van der Waals surface area (Å²) in [5.41, 5.74) is 0. The van der Waals surface area contributed by atoms with Crippen LogP contribution in [0.4, 0.5) is 0 Å². The number of aliphatic hydroxyl groups is 1. The molecule has 100 valence electrons. The molecule has 0 bridgehead atoms. The van der Waals surface area contributed by atoms with Gasteiger partial charge in [0.2, 0.25) is 0 Å². The average Bonchev–Trinajstić information content (AvgIpc) is 3.22. The molecule has 2 aliphatic rings. The minimum Gasteiger partial charge on any atom is -0.388 e. The molecule has 0 unspecified atom stereocenters. The third-order valence-electron chi connectivity index (χ3n) is 3.64. The molecule has 0 atom stereocenters. The van der Waals surface area contributed by atoms with Crippen molar-refractivity contribution in [3.8, 4) is 0 Å². The van der Waals surface area contributed by atoms with Crippen molar-refractivity contribution in [3.63, 3.8) is 0 Å². The number of aromatic nitrogens is 3. The molecule has 1 heterocycles. The summed E-state index contributed by atoms with van der Waals surface area (Å²) in [6, 6.07) is 0.474. The quantitative estimate of drug-likeness (QED) is 0.795. The Morgan fingerprint density at radius 3 is 2.67 bits per heavy atom. The van der Waals surface area contributed by atoms with Crippen LogP contribution in [0.2, 0.25) is 0 Å². The topological polar surface area (TPSA) is 46.2 Å². The Bertz CT molecular complexity index is 487. The van der Waals surface area contributed by atoms with Crippen LogP contribution in [-0.4, -0.2) is 37.9 Å². The van der Waals surface area contributed by atoms with E-state index >= 15 is 0 Å². The number of nitrogens with zero attached hydrogens (tertiary/aromatic N) is 4. The minimum absolute atomic E-state index is 0.0283. The van der Waals surface area contributed by atoms with Gasteiger partial charge in [-0.15, -0.1) is 0 Å². The highest BCUT2D eigenvalue weighted by atomic mass is 32.1. The largest absolute Gasteiger partial charge is 0.388 e. The lowest BCUT2D eigenvalue weighted by Crippen LogP contribution is -2.25. The van der Waals surface area contributed by atoms with Crippen LogP contribution in [0.15, 0.2) is 0 Å². The van der Waals surface area contributed by atoms with Crippen LogP contribution in [-0.2, 0) is 13.3 Å². The fourth-order valence-corrected chi connectivity index (χ4v) is 2.75. The zero-order chi connectivity index (χ0) is 12.7. The van der Waals surface area contributed by atoms with Crippen molar-refractivity contribution in [1.29, 1.82) is 0 Å². The smallest absolute Gasteiger partial charge is 0.199 e. The van der Waals surface area contributed by atoms with E-state index in [0.29, 0.717) is 11.9 Å². The van der Waals surface area contributed by atoms with Crippen molar-refractivity contribution in [2.24, 2.45) is 5.92 Å². The van der Waals surface area contributed by atoms with Crippen molar-refractivity contribution in [2.45, 2.75) is 45.0 Å². The molecule has 0 radical (unpaired) electrons. The summed E-state index contributed by atoms with van der Waals surface area (Å²) in [6.45, 7) is 1.81. The zero-order valence-electron chi connectivity index (χ0n) is 10.7. The highest BCUT2D eigenvalue weighted by Gasteiger charge is 2.28. The van der Waals surface area contributed by atoms with Gasteiger partial charge in [-0.2, -0.15) is 5.10 Å². The summed E-state index contributed by atoms with van der Waals surface area (Å²) in [5, 5.41) is 13.8. The second kappa shape index (κ2) is 4.75. The van der Waals surface area contributed by atoms with Gasteiger partial charge < -0.3 is 5.11 Å².